The average Bonchev–Trinajstić information content (AvgIpc) is 2.44. The van der Waals surface area contributed by atoms with Gasteiger partial charge in [-0.25, -0.2) is 8.78 Å². The monoisotopic (exact) mass is 341 g/mol. The van der Waals surface area contributed by atoms with Crippen LogP contribution in [-0.2, 0) is 0 Å². The number of para-hydroxylation sites is 1. The number of nitrogens with one attached hydrogen (secondary N) is 1. The van der Waals surface area contributed by atoms with Crippen LogP contribution >= 0.6 is 15.9 Å². The Labute approximate surface area is 124 Å². The SMILES string of the molecule is COc1ccccc1C(C)Nc1cc(F)c(Br)cc1F. The molecule has 0 spiro atoms. The van der Waals surface area contributed by atoms with E-state index >= 15 is 0 Å². The van der Waals surface area contributed by atoms with Crippen LogP contribution in [0.15, 0.2) is 40.9 Å². The lowest BCUT2D eigenvalue weighted by Crippen LogP contribution is -2.09. The molecule has 1 unspecified atom stereocenters. The van der Waals surface area contributed by atoms with E-state index in [0.29, 0.717) is 5.75 Å². The van der Waals surface area contributed by atoms with Gasteiger partial charge in [-0.15, -0.1) is 0 Å². The lowest BCUT2D eigenvalue weighted by molar-refractivity contribution is 0.408. The van der Waals surface area contributed by atoms with E-state index in [1.54, 1.807) is 7.11 Å². The van der Waals surface area contributed by atoms with Gasteiger partial charge in [-0.1, -0.05) is 18.2 Å². The molecule has 0 aliphatic heterocycles. The first-order valence-electron chi connectivity index (χ1n) is 6.07. The second-order valence-corrected chi connectivity index (χ2v) is 5.21. The van der Waals surface area contributed by atoms with Crippen LogP contribution in [0.4, 0.5) is 14.5 Å². The van der Waals surface area contributed by atoms with E-state index in [9.17, 15) is 8.78 Å². The van der Waals surface area contributed by atoms with Gasteiger partial charge in [0.2, 0.25) is 0 Å². The summed E-state index contributed by atoms with van der Waals surface area (Å²) in [5.74, 6) is -0.327. The summed E-state index contributed by atoms with van der Waals surface area (Å²) >= 11 is 2.95. The Kier molecular flexibility index (Phi) is 4.60. The molecule has 5 heteroatoms. The van der Waals surface area contributed by atoms with E-state index in [1.165, 1.54) is 0 Å². The standard InChI is InChI=1S/C15H14BrF2NO/c1-9(10-5-3-4-6-15(10)20-2)19-14-8-12(17)11(16)7-13(14)18/h3-9,19H,1-2H3. The maximum Gasteiger partial charge on any atom is 0.147 e. The van der Waals surface area contributed by atoms with E-state index in [2.05, 4.69) is 21.2 Å². The Bertz CT molecular complexity index is 619. The molecule has 106 valence electrons. The minimum absolute atomic E-state index is 0.102. The summed E-state index contributed by atoms with van der Waals surface area (Å²) in [6, 6.07) is 9.44. The third-order valence-corrected chi connectivity index (χ3v) is 3.60. The molecule has 1 N–H and O–H groups in total. The van der Waals surface area contributed by atoms with Crippen molar-refractivity contribution < 1.29 is 13.5 Å². The van der Waals surface area contributed by atoms with Gasteiger partial charge in [-0.3, -0.25) is 0 Å². The van der Waals surface area contributed by atoms with E-state index in [4.69, 9.17) is 4.74 Å². The quantitative estimate of drug-likeness (QED) is 0.798. The van der Waals surface area contributed by atoms with Gasteiger partial charge in [0.25, 0.3) is 0 Å². The van der Waals surface area contributed by atoms with Crippen LogP contribution in [0.3, 0.4) is 0 Å². The predicted octanol–water partition coefficient (Wildman–Crippen LogP) is 4.91. The minimum Gasteiger partial charge on any atom is -0.496 e. The van der Waals surface area contributed by atoms with Crippen LogP contribution in [0.1, 0.15) is 18.5 Å². The average molecular weight is 342 g/mol. The molecule has 0 aliphatic carbocycles. The zero-order valence-electron chi connectivity index (χ0n) is 11.1. The molecule has 2 aromatic carbocycles. The molecule has 0 radical (unpaired) electrons. The van der Waals surface area contributed by atoms with E-state index in [0.717, 1.165) is 17.7 Å². The van der Waals surface area contributed by atoms with Gasteiger partial charge in [0.15, 0.2) is 0 Å². The van der Waals surface area contributed by atoms with Crippen molar-refractivity contribution in [1.82, 2.24) is 0 Å². The number of rotatable bonds is 4. The lowest BCUT2D eigenvalue weighted by Gasteiger charge is -2.19. The van der Waals surface area contributed by atoms with Gasteiger partial charge in [0, 0.05) is 11.6 Å². The van der Waals surface area contributed by atoms with Gasteiger partial charge in [0.05, 0.1) is 23.3 Å². The van der Waals surface area contributed by atoms with Crippen molar-refractivity contribution in [2.75, 3.05) is 12.4 Å². The third-order valence-electron chi connectivity index (χ3n) is 2.99. The van der Waals surface area contributed by atoms with Crippen LogP contribution < -0.4 is 10.1 Å². The maximum absolute atomic E-state index is 13.8. The molecule has 20 heavy (non-hydrogen) atoms. The molecule has 0 saturated heterocycles. The molecule has 0 fully saturated rings. The Morgan fingerprint density at radius 1 is 1.15 bits per heavy atom. The zero-order valence-corrected chi connectivity index (χ0v) is 12.7. The highest BCUT2D eigenvalue weighted by atomic mass is 79.9. The van der Waals surface area contributed by atoms with Gasteiger partial charge in [-0.05, 0) is 35.0 Å². The molecule has 0 heterocycles. The van der Waals surface area contributed by atoms with Crippen molar-refractivity contribution in [2.45, 2.75) is 13.0 Å². The van der Waals surface area contributed by atoms with Gasteiger partial charge >= 0.3 is 0 Å². The van der Waals surface area contributed by atoms with Crippen LogP contribution in [-0.4, -0.2) is 7.11 Å². The van der Waals surface area contributed by atoms with Gasteiger partial charge in [-0.2, -0.15) is 0 Å². The number of halogens is 3. The van der Waals surface area contributed by atoms with E-state index in [1.807, 2.05) is 31.2 Å². The maximum atomic E-state index is 13.8. The topological polar surface area (TPSA) is 21.3 Å². The normalized spacial score (nSPS) is 12.1. The van der Waals surface area contributed by atoms with Crippen molar-refractivity contribution in [2.24, 2.45) is 0 Å². The van der Waals surface area contributed by atoms with Crippen molar-refractivity contribution >= 4 is 21.6 Å². The zero-order chi connectivity index (χ0) is 14.7. The number of benzene rings is 2. The molecule has 0 aromatic heterocycles. The fraction of sp³-hybridized carbons (Fsp3) is 0.200. The van der Waals surface area contributed by atoms with Crippen LogP contribution in [0, 0.1) is 11.6 Å². The predicted molar refractivity (Wildman–Crippen MR) is 79.1 cm³/mol. The molecular formula is C15H14BrF2NO. The Balaban J connectivity index is 2.28. The number of ether oxygens (including phenoxy) is 1. The molecule has 0 amide bonds. The second-order valence-electron chi connectivity index (χ2n) is 4.35. The molecule has 0 aliphatic rings. The lowest BCUT2D eigenvalue weighted by atomic mass is 10.1. The third kappa shape index (κ3) is 3.10. The molecule has 1 atom stereocenters. The molecule has 2 aromatic rings. The van der Waals surface area contributed by atoms with Crippen molar-refractivity contribution in [3.05, 3.63) is 58.1 Å². The Morgan fingerprint density at radius 2 is 1.85 bits per heavy atom. The minimum atomic E-state index is -0.514. The number of hydrogen-bond donors (Lipinski definition) is 1. The van der Waals surface area contributed by atoms with Crippen molar-refractivity contribution in [1.29, 1.82) is 0 Å². The van der Waals surface area contributed by atoms with Crippen LogP contribution in [0.5, 0.6) is 5.75 Å². The summed E-state index contributed by atoms with van der Waals surface area (Å²) in [6.07, 6.45) is 0. The smallest absolute Gasteiger partial charge is 0.147 e. The summed E-state index contributed by atoms with van der Waals surface area (Å²) in [5, 5.41) is 2.95. The van der Waals surface area contributed by atoms with Crippen LogP contribution in [0.2, 0.25) is 0 Å². The molecular weight excluding hydrogens is 328 g/mol. The van der Waals surface area contributed by atoms with E-state index < -0.39 is 11.6 Å². The van der Waals surface area contributed by atoms with Gasteiger partial charge < -0.3 is 10.1 Å². The first kappa shape index (κ1) is 14.8. The highest BCUT2D eigenvalue weighted by molar-refractivity contribution is 9.10. The summed E-state index contributed by atoms with van der Waals surface area (Å²) in [7, 11) is 1.57. The highest BCUT2D eigenvalue weighted by Crippen LogP contribution is 2.30. The van der Waals surface area contributed by atoms with Crippen molar-refractivity contribution in [3.63, 3.8) is 0 Å². The summed E-state index contributed by atoms with van der Waals surface area (Å²) in [6.45, 7) is 1.86. The first-order valence-corrected chi connectivity index (χ1v) is 6.86. The number of anilines is 1. The largest absolute Gasteiger partial charge is 0.496 e. The van der Waals surface area contributed by atoms with Crippen LogP contribution in [0.25, 0.3) is 0 Å². The molecule has 0 saturated carbocycles. The fourth-order valence-electron chi connectivity index (χ4n) is 1.97. The summed E-state index contributed by atoms with van der Waals surface area (Å²) in [4.78, 5) is 0. The second kappa shape index (κ2) is 6.22. The molecule has 2 nitrogen and oxygen atoms in total. The highest BCUT2D eigenvalue weighted by Gasteiger charge is 2.14. The molecule has 0 bridgehead atoms. The summed E-state index contributed by atoms with van der Waals surface area (Å²) in [5.41, 5.74) is 0.988. The fourth-order valence-corrected chi connectivity index (χ4v) is 2.28. The molecule has 2 rings (SSSR count). The van der Waals surface area contributed by atoms with Crippen molar-refractivity contribution in [3.8, 4) is 5.75 Å². The number of hydrogen-bond acceptors (Lipinski definition) is 2. The van der Waals surface area contributed by atoms with E-state index in [-0.39, 0.29) is 16.2 Å². The number of methoxy groups -OCH3 is 1. The first-order chi connectivity index (χ1) is 9.52. The Hall–Kier alpha value is -1.62. The van der Waals surface area contributed by atoms with Gasteiger partial charge in [0.1, 0.15) is 17.4 Å². The Morgan fingerprint density at radius 3 is 2.55 bits per heavy atom. The summed E-state index contributed by atoms with van der Waals surface area (Å²) < 4.78 is 32.6.